The van der Waals surface area contributed by atoms with Crippen LogP contribution in [-0.2, 0) is 10.2 Å². The molecule has 1 aliphatic heterocycles. The average Bonchev–Trinajstić information content (AvgIpc) is 3.15. The van der Waals surface area contributed by atoms with Crippen LogP contribution in [0, 0.1) is 5.82 Å². The van der Waals surface area contributed by atoms with Crippen molar-refractivity contribution in [1.29, 1.82) is 0 Å². The van der Waals surface area contributed by atoms with E-state index in [0.717, 1.165) is 5.56 Å². The summed E-state index contributed by atoms with van der Waals surface area (Å²) in [5.41, 5.74) is 0.0222. The van der Waals surface area contributed by atoms with Crippen molar-refractivity contribution >= 4 is 11.8 Å². The van der Waals surface area contributed by atoms with E-state index in [1.807, 2.05) is 13.8 Å². The Bertz CT molecular complexity index is 745. The first-order valence-electron chi connectivity index (χ1n) is 8.28. The molecule has 0 unspecified atom stereocenters. The Morgan fingerprint density at radius 2 is 1.60 bits per heavy atom. The van der Waals surface area contributed by atoms with Crippen molar-refractivity contribution in [3.63, 3.8) is 0 Å². The molecule has 2 heterocycles. The topological polar surface area (TPSA) is 53.8 Å². The fourth-order valence-corrected chi connectivity index (χ4v) is 3.05. The summed E-state index contributed by atoms with van der Waals surface area (Å²) in [5.74, 6) is -0.192. The van der Waals surface area contributed by atoms with Gasteiger partial charge in [-0.05, 0) is 43.7 Å². The first-order valence-corrected chi connectivity index (χ1v) is 8.28. The number of rotatable bonds is 3. The van der Waals surface area contributed by atoms with Crippen LogP contribution in [0.2, 0.25) is 0 Å². The average molecular weight is 344 g/mol. The highest BCUT2D eigenvalue weighted by atomic mass is 19.1. The number of furan rings is 1. The first kappa shape index (κ1) is 17.2. The van der Waals surface area contributed by atoms with Crippen LogP contribution in [0.3, 0.4) is 0 Å². The highest BCUT2D eigenvalue weighted by Crippen LogP contribution is 2.26. The maximum atomic E-state index is 13.1. The molecule has 0 N–H and O–H groups in total. The van der Waals surface area contributed by atoms with Gasteiger partial charge < -0.3 is 14.2 Å². The summed E-state index contributed by atoms with van der Waals surface area (Å²) in [4.78, 5) is 28.6. The lowest BCUT2D eigenvalue weighted by Gasteiger charge is -2.38. The molecule has 1 aromatic heterocycles. The molecular formula is C19H21FN2O3. The minimum atomic E-state index is -0.749. The number of nitrogens with zero attached hydrogens (tertiary/aromatic N) is 2. The van der Waals surface area contributed by atoms with Gasteiger partial charge in [0.1, 0.15) is 5.82 Å². The molecule has 0 atom stereocenters. The molecule has 0 saturated carbocycles. The molecule has 2 amide bonds. The molecule has 2 aromatic rings. The number of piperazine rings is 1. The Kier molecular flexibility index (Phi) is 4.61. The second-order valence-corrected chi connectivity index (χ2v) is 6.69. The Morgan fingerprint density at radius 3 is 2.16 bits per heavy atom. The van der Waals surface area contributed by atoms with Crippen LogP contribution in [0.4, 0.5) is 4.39 Å². The van der Waals surface area contributed by atoms with E-state index in [4.69, 9.17) is 4.42 Å². The highest BCUT2D eigenvalue weighted by Gasteiger charge is 2.36. The van der Waals surface area contributed by atoms with Gasteiger partial charge in [0.2, 0.25) is 5.91 Å². The molecule has 0 spiro atoms. The summed E-state index contributed by atoms with van der Waals surface area (Å²) in [7, 11) is 0. The van der Waals surface area contributed by atoms with Crippen molar-refractivity contribution in [1.82, 2.24) is 9.80 Å². The summed E-state index contributed by atoms with van der Waals surface area (Å²) in [6.07, 6.45) is 1.47. The van der Waals surface area contributed by atoms with Gasteiger partial charge in [-0.3, -0.25) is 9.59 Å². The third-order valence-electron chi connectivity index (χ3n) is 4.69. The Morgan fingerprint density at radius 1 is 1.00 bits per heavy atom. The van der Waals surface area contributed by atoms with Crippen molar-refractivity contribution in [2.75, 3.05) is 26.2 Å². The number of carbonyl (C=O) groups excluding carboxylic acids is 2. The van der Waals surface area contributed by atoms with E-state index in [2.05, 4.69) is 0 Å². The SMILES string of the molecule is CC(C)(C(=O)N1CCN(C(=O)c2ccco2)CC1)c1ccc(F)cc1. The van der Waals surface area contributed by atoms with Crippen LogP contribution in [0.1, 0.15) is 30.0 Å². The molecular weight excluding hydrogens is 323 g/mol. The van der Waals surface area contributed by atoms with Gasteiger partial charge >= 0.3 is 0 Å². The molecule has 6 heteroatoms. The van der Waals surface area contributed by atoms with Crippen molar-refractivity contribution in [3.05, 3.63) is 59.8 Å². The second kappa shape index (κ2) is 6.70. The number of hydrogen-bond donors (Lipinski definition) is 0. The number of benzene rings is 1. The second-order valence-electron chi connectivity index (χ2n) is 6.69. The molecule has 1 saturated heterocycles. The minimum absolute atomic E-state index is 0.0239. The zero-order chi connectivity index (χ0) is 18.0. The fraction of sp³-hybridized carbons (Fsp3) is 0.368. The van der Waals surface area contributed by atoms with Crippen LogP contribution in [0.25, 0.3) is 0 Å². The van der Waals surface area contributed by atoms with Crippen molar-refractivity contribution < 1.29 is 18.4 Å². The molecule has 0 radical (unpaired) electrons. The maximum absolute atomic E-state index is 13.1. The van der Waals surface area contributed by atoms with Gasteiger partial charge in [0.15, 0.2) is 5.76 Å². The number of halogens is 1. The quantitative estimate of drug-likeness (QED) is 0.860. The summed E-state index contributed by atoms with van der Waals surface area (Å²) >= 11 is 0. The fourth-order valence-electron chi connectivity index (χ4n) is 3.05. The van der Waals surface area contributed by atoms with Gasteiger partial charge in [-0.1, -0.05) is 12.1 Å². The summed E-state index contributed by atoms with van der Waals surface area (Å²) < 4.78 is 18.3. The van der Waals surface area contributed by atoms with Gasteiger partial charge in [0.25, 0.3) is 5.91 Å². The van der Waals surface area contributed by atoms with E-state index >= 15 is 0 Å². The molecule has 1 aliphatic rings. The third-order valence-corrected chi connectivity index (χ3v) is 4.69. The highest BCUT2D eigenvalue weighted by molar-refractivity contribution is 5.92. The van der Waals surface area contributed by atoms with Crippen molar-refractivity contribution in [2.24, 2.45) is 0 Å². The van der Waals surface area contributed by atoms with E-state index in [9.17, 15) is 14.0 Å². The molecule has 5 nitrogen and oxygen atoms in total. The molecule has 25 heavy (non-hydrogen) atoms. The zero-order valence-corrected chi connectivity index (χ0v) is 14.4. The number of carbonyl (C=O) groups is 2. The monoisotopic (exact) mass is 344 g/mol. The Balaban J connectivity index is 1.65. The van der Waals surface area contributed by atoms with Gasteiger partial charge in [-0.25, -0.2) is 4.39 Å². The van der Waals surface area contributed by atoms with E-state index in [-0.39, 0.29) is 17.6 Å². The standard InChI is InChI=1S/C19H21FN2O3/c1-19(2,14-5-7-15(20)8-6-14)18(24)22-11-9-21(10-12-22)17(23)16-4-3-13-25-16/h3-8,13H,9-12H2,1-2H3. The van der Waals surface area contributed by atoms with Crippen LogP contribution < -0.4 is 0 Å². The lowest BCUT2D eigenvalue weighted by Crippen LogP contribution is -2.54. The zero-order valence-electron chi connectivity index (χ0n) is 14.4. The van der Waals surface area contributed by atoms with Crippen LogP contribution in [-0.4, -0.2) is 47.8 Å². The molecule has 0 aliphatic carbocycles. The normalized spacial score (nSPS) is 15.3. The van der Waals surface area contributed by atoms with Crippen molar-refractivity contribution in [3.8, 4) is 0 Å². The van der Waals surface area contributed by atoms with Gasteiger partial charge in [-0.2, -0.15) is 0 Å². The largest absolute Gasteiger partial charge is 0.459 e. The minimum Gasteiger partial charge on any atom is -0.459 e. The maximum Gasteiger partial charge on any atom is 0.289 e. The molecule has 3 rings (SSSR count). The summed E-state index contributed by atoms with van der Waals surface area (Å²) in [5, 5.41) is 0. The summed E-state index contributed by atoms with van der Waals surface area (Å²) in [6, 6.07) is 9.33. The first-order chi connectivity index (χ1) is 11.9. The molecule has 1 aromatic carbocycles. The molecule has 132 valence electrons. The summed E-state index contributed by atoms with van der Waals surface area (Å²) in [6.45, 7) is 5.53. The molecule has 0 bridgehead atoms. The number of amides is 2. The predicted octanol–water partition coefficient (Wildman–Crippen LogP) is 2.68. The van der Waals surface area contributed by atoms with E-state index in [1.165, 1.54) is 18.4 Å². The van der Waals surface area contributed by atoms with Crippen LogP contribution in [0.15, 0.2) is 47.1 Å². The van der Waals surface area contributed by atoms with Gasteiger partial charge in [-0.15, -0.1) is 0 Å². The Labute approximate surface area is 146 Å². The van der Waals surface area contributed by atoms with Crippen molar-refractivity contribution in [2.45, 2.75) is 19.3 Å². The third kappa shape index (κ3) is 3.43. The van der Waals surface area contributed by atoms with Gasteiger partial charge in [0, 0.05) is 26.2 Å². The van der Waals surface area contributed by atoms with E-state index in [1.54, 1.807) is 34.1 Å². The van der Waals surface area contributed by atoms with Crippen LogP contribution >= 0.6 is 0 Å². The Hall–Kier alpha value is -2.63. The molecule has 1 fully saturated rings. The van der Waals surface area contributed by atoms with E-state index < -0.39 is 5.41 Å². The predicted molar refractivity (Wildman–Crippen MR) is 90.6 cm³/mol. The van der Waals surface area contributed by atoms with Crippen LogP contribution in [0.5, 0.6) is 0 Å². The lowest BCUT2D eigenvalue weighted by molar-refractivity contribution is -0.137. The van der Waals surface area contributed by atoms with Gasteiger partial charge in [0.05, 0.1) is 11.7 Å². The lowest BCUT2D eigenvalue weighted by atomic mass is 9.83. The van der Waals surface area contributed by atoms with E-state index in [0.29, 0.717) is 31.9 Å². The number of hydrogen-bond acceptors (Lipinski definition) is 3. The smallest absolute Gasteiger partial charge is 0.289 e.